The third-order valence-corrected chi connectivity index (χ3v) is 3.23. The van der Waals surface area contributed by atoms with Crippen molar-refractivity contribution in [2.45, 2.75) is 40.5 Å². The van der Waals surface area contributed by atoms with Crippen LogP contribution in [0, 0.1) is 17.3 Å². The average Bonchev–Trinajstić information content (AvgIpc) is 2.92. The highest BCUT2D eigenvalue weighted by Gasteiger charge is 2.26. The molecule has 1 aliphatic carbocycles. The number of rotatable bonds is 7. The molecule has 0 saturated heterocycles. The van der Waals surface area contributed by atoms with Gasteiger partial charge in [-0.1, -0.05) is 27.7 Å². The summed E-state index contributed by atoms with van der Waals surface area (Å²) in [4.78, 5) is 0. The van der Waals surface area contributed by atoms with E-state index in [1.54, 1.807) is 0 Å². The van der Waals surface area contributed by atoms with Crippen molar-refractivity contribution in [1.82, 2.24) is 5.32 Å². The van der Waals surface area contributed by atoms with E-state index in [2.05, 4.69) is 33.0 Å². The van der Waals surface area contributed by atoms with Crippen LogP contribution in [0.1, 0.15) is 40.5 Å². The Hall–Kier alpha value is -0.0800. The zero-order chi connectivity index (χ0) is 11.3. The zero-order valence-electron chi connectivity index (χ0n) is 10.8. The lowest BCUT2D eigenvalue weighted by atomic mass is 9.81. The quantitative estimate of drug-likeness (QED) is 0.702. The Kier molecular flexibility index (Phi) is 5.07. The molecule has 1 fully saturated rings. The van der Waals surface area contributed by atoms with Gasteiger partial charge in [0.05, 0.1) is 6.61 Å². The zero-order valence-corrected chi connectivity index (χ0v) is 10.8. The summed E-state index contributed by atoms with van der Waals surface area (Å²) < 4.78 is 5.80. The van der Waals surface area contributed by atoms with Gasteiger partial charge in [0, 0.05) is 13.2 Å². The van der Waals surface area contributed by atoms with Crippen LogP contribution in [-0.4, -0.2) is 26.3 Å². The Labute approximate surface area is 94.8 Å². The monoisotopic (exact) mass is 213 g/mol. The van der Waals surface area contributed by atoms with Crippen LogP contribution in [0.25, 0.3) is 0 Å². The van der Waals surface area contributed by atoms with Gasteiger partial charge in [-0.2, -0.15) is 0 Å². The first-order valence-corrected chi connectivity index (χ1v) is 6.32. The number of ether oxygens (including phenoxy) is 1. The fourth-order valence-electron chi connectivity index (χ4n) is 1.60. The van der Waals surface area contributed by atoms with Gasteiger partial charge in [0.25, 0.3) is 0 Å². The van der Waals surface area contributed by atoms with E-state index in [4.69, 9.17) is 4.74 Å². The largest absolute Gasteiger partial charge is 0.381 e. The molecule has 90 valence electrons. The standard InChI is InChI=1S/C13H27NO/c1-5-14-8-12(13(2,3)4)10-15-9-11-6-7-11/h11-12,14H,5-10H2,1-4H3. The molecule has 1 rings (SSSR count). The third-order valence-electron chi connectivity index (χ3n) is 3.23. The minimum atomic E-state index is 0.339. The molecule has 0 aromatic carbocycles. The molecule has 1 N–H and O–H groups in total. The highest BCUT2D eigenvalue weighted by Crippen LogP contribution is 2.30. The van der Waals surface area contributed by atoms with E-state index in [1.807, 2.05) is 0 Å². The van der Waals surface area contributed by atoms with Crippen LogP contribution in [0.4, 0.5) is 0 Å². The van der Waals surface area contributed by atoms with Gasteiger partial charge in [0.2, 0.25) is 0 Å². The van der Waals surface area contributed by atoms with Crippen LogP contribution in [0.5, 0.6) is 0 Å². The first-order chi connectivity index (χ1) is 7.04. The molecule has 1 unspecified atom stereocenters. The summed E-state index contributed by atoms with van der Waals surface area (Å²) in [6.07, 6.45) is 2.76. The molecule has 2 nitrogen and oxygen atoms in total. The van der Waals surface area contributed by atoms with Crippen molar-refractivity contribution in [1.29, 1.82) is 0 Å². The van der Waals surface area contributed by atoms with Crippen molar-refractivity contribution in [2.24, 2.45) is 17.3 Å². The van der Waals surface area contributed by atoms with Crippen LogP contribution in [0.3, 0.4) is 0 Å². The molecule has 1 atom stereocenters. The maximum Gasteiger partial charge on any atom is 0.0511 e. The summed E-state index contributed by atoms with van der Waals surface area (Å²) in [5.74, 6) is 1.50. The highest BCUT2D eigenvalue weighted by atomic mass is 16.5. The fourth-order valence-corrected chi connectivity index (χ4v) is 1.60. The van der Waals surface area contributed by atoms with Gasteiger partial charge >= 0.3 is 0 Å². The fraction of sp³-hybridized carbons (Fsp3) is 1.00. The van der Waals surface area contributed by atoms with E-state index in [-0.39, 0.29) is 0 Å². The van der Waals surface area contributed by atoms with Crippen LogP contribution >= 0.6 is 0 Å². The normalized spacial score (nSPS) is 19.2. The van der Waals surface area contributed by atoms with Crippen molar-refractivity contribution >= 4 is 0 Å². The van der Waals surface area contributed by atoms with E-state index in [0.29, 0.717) is 11.3 Å². The molecule has 0 aromatic rings. The van der Waals surface area contributed by atoms with E-state index in [0.717, 1.165) is 32.2 Å². The molecule has 2 heteroatoms. The summed E-state index contributed by atoms with van der Waals surface area (Å²) in [5, 5.41) is 3.43. The second kappa shape index (κ2) is 5.86. The smallest absolute Gasteiger partial charge is 0.0511 e. The molecule has 15 heavy (non-hydrogen) atoms. The second-order valence-electron chi connectivity index (χ2n) is 5.85. The van der Waals surface area contributed by atoms with Crippen molar-refractivity contribution < 1.29 is 4.74 Å². The molecule has 0 aromatic heterocycles. The van der Waals surface area contributed by atoms with E-state index < -0.39 is 0 Å². The number of hydrogen-bond acceptors (Lipinski definition) is 2. The molecule has 0 amide bonds. The molecule has 0 heterocycles. The Morgan fingerprint density at radius 3 is 2.47 bits per heavy atom. The van der Waals surface area contributed by atoms with E-state index in [1.165, 1.54) is 12.8 Å². The van der Waals surface area contributed by atoms with Crippen molar-refractivity contribution in [2.75, 3.05) is 26.3 Å². The van der Waals surface area contributed by atoms with Gasteiger partial charge in [-0.3, -0.25) is 0 Å². The van der Waals surface area contributed by atoms with Gasteiger partial charge in [-0.05, 0) is 36.6 Å². The predicted octanol–water partition coefficient (Wildman–Crippen LogP) is 2.68. The lowest BCUT2D eigenvalue weighted by molar-refractivity contribution is 0.0500. The van der Waals surface area contributed by atoms with Gasteiger partial charge < -0.3 is 10.1 Å². The Bertz CT molecular complexity index is 170. The van der Waals surface area contributed by atoms with Gasteiger partial charge in [-0.15, -0.1) is 0 Å². The van der Waals surface area contributed by atoms with Crippen LogP contribution in [0.2, 0.25) is 0 Å². The van der Waals surface area contributed by atoms with E-state index >= 15 is 0 Å². The van der Waals surface area contributed by atoms with E-state index in [9.17, 15) is 0 Å². The molecule has 0 aliphatic heterocycles. The minimum absolute atomic E-state index is 0.339. The average molecular weight is 213 g/mol. The first-order valence-electron chi connectivity index (χ1n) is 6.32. The summed E-state index contributed by atoms with van der Waals surface area (Å²) in [6.45, 7) is 13.1. The van der Waals surface area contributed by atoms with Gasteiger partial charge in [-0.25, -0.2) is 0 Å². The first kappa shape index (κ1) is 13.0. The van der Waals surface area contributed by atoms with Crippen molar-refractivity contribution in [3.8, 4) is 0 Å². The minimum Gasteiger partial charge on any atom is -0.381 e. The lowest BCUT2D eigenvalue weighted by Gasteiger charge is -2.30. The Morgan fingerprint density at radius 2 is 2.00 bits per heavy atom. The number of hydrogen-bond donors (Lipinski definition) is 1. The van der Waals surface area contributed by atoms with Crippen molar-refractivity contribution in [3.63, 3.8) is 0 Å². The maximum atomic E-state index is 5.80. The molecule has 1 saturated carbocycles. The lowest BCUT2D eigenvalue weighted by Crippen LogP contribution is -2.35. The molecule has 1 aliphatic rings. The molecule has 0 spiro atoms. The SMILES string of the molecule is CCNCC(COCC1CC1)C(C)(C)C. The molecular formula is C13H27NO. The van der Waals surface area contributed by atoms with Crippen molar-refractivity contribution in [3.05, 3.63) is 0 Å². The van der Waals surface area contributed by atoms with Crippen LogP contribution in [-0.2, 0) is 4.74 Å². The third kappa shape index (κ3) is 5.53. The predicted molar refractivity (Wildman–Crippen MR) is 65.0 cm³/mol. The Morgan fingerprint density at radius 1 is 1.33 bits per heavy atom. The van der Waals surface area contributed by atoms with Crippen LogP contribution in [0.15, 0.2) is 0 Å². The summed E-state index contributed by atoms with van der Waals surface area (Å²) in [5.41, 5.74) is 0.339. The van der Waals surface area contributed by atoms with Crippen LogP contribution < -0.4 is 5.32 Å². The molecule has 0 radical (unpaired) electrons. The molecule has 0 bridgehead atoms. The number of nitrogens with one attached hydrogen (secondary N) is 1. The maximum absolute atomic E-state index is 5.80. The van der Waals surface area contributed by atoms with Gasteiger partial charge in [0.1, 0.15) is 0 Å². The topological polar surface area (TPSA) is 21.3 Å². The van der Waals surface area contributed by atoms with Gasteiger partial charge in [0.15, 0.2) is 0 Å². The summed E-state index contributed by atoms with van der Waals surface area (Å²) >= 11 is 0. The second-order valence-corrected chi connectivity index (χ2v) is 5.85. The summed E-state index contributed by atoms with van der Waals surface area (Å²) in [6, 6.07) is 0. The highest BCUT2D eigenvalue weighted by molar-refractivity contribution is 4.77. The summed E-state index contributed by atoms with van der Waals surface area (Å²) in [7, 11) is 0. The molecular weight excluding hydrogens is 186 g/mol. The Balaban J connectivity index is 2.20.